The van der Waals surface area contributed by atoms with E-state index in [9.17, 15) is 13.2 Å². The van der Waals surface area contributed by atoms with E-state index in [0.717, 1.165) is 0 Å². The Morgan fingerprint density at radius 2 is 1.00 bits per heavy atom. The minimum absolute atomic E-state index is 0. The van der Waals surface area contributed by atoms with Gasteiger partial charge in [-0.15, -0.1) is 0 Å². The average molecular weight is 77.0 g/mol. The van der Waals surface area contributed by atoms with Crippen molar-refractivity contribution >= 4 is 0 Å². The molecule has 0 atom stereocenters. The van der Waals surface area contributed by atoms with Gasteiger partial charge in [0.25, 0.3) is 0 Å². The maximum Gasteiger partial charge on any atom is 1.00 e. The Labute approximate surface area is 39.5 Å². The number of hydrogen-bond donors (Lipinski definition) is 0. The van der Waals surface area contributed by atoms with Crippen LogP contribution in [0.3, 0.4) is 0 Å². The van der Waals surface area contributed by atoms with Crippen LogP contribution in [-0.2, 0) is 0 Å². The van der Waals surface area contributed by atoms with E-state index >= 15 is 0 Å². The molecule has 0 N–H and O–H groups in total. The number of alkyl halides is 3. The first-order valence-corrected chi connectivity index (χ1v) is 0.655. The zero-order valence-corrected chi connectivity index (χ0v) is 2.71. The van der Waals surface area contributed by atoms with Gasteiger partial charge in [0.15, 0.2) is 0 Å². The molecular weight excluding hydrogens is 75.9 g/mol. The Morgan fingerprint density at radius 1 is 1.00 bits per heavy atom. The molecule has 0 amide bonds. The molecule has 0 aliphatic carbocycles. The summed E-state index contributed by atoms with van der Waals surface area (Å²) in [6.45, 7) is -3.67. The molecule has 0 fully saturated rings. The smallest absolute Gasteiger partial charge is 0.174 e. The largest absolute Gasteiger partial charge is 1.00 e. The molecule has 0 spiro atoms. The Balaban J connectivity index is 0. The first kappa shape index (κ1) is 9.04. The van der Waals surface area contributed by atoms with Crippen molar-refractivity contribution in [3.05, 3.63) is 0 Å². The van der Waals surface area contributed by atoms with Gasteiger partial charge in [0, 0.05) is 0 Å². The Morgan fingerprint density at radius 3 is 1.00 bits per heavy atom. The summed E-state index contributed by atoms with van der Waals surface area (Å²) >= 11 is 0. The van der Waals surface area contributed by atoms with E-state index in [-0.39, 0.29) is 18.9 Å². The van der Waals surface area contributed by atoms with E-state index in [2.05, 4.69) is 0 Å². The molecule has 26 valence electrons. The summed E-state index contributed by atoms with van der Waals surface area (Å²) in [4.78, 5) is 0. The van der Waals surface area contributed by atoms with E-state index in [4.69, 9.17) is 0 Å². The van der Waals surface area contributed by atoms with Crippen LogP contribution in [0.15, 0.2) is 0 Å². The van der Waals surface area contributed by atoms with Crippen molar-refractivity contribution in [3.63, 3.8) is 0 Å². The number of hydrogen-bond acceptors (Lipinski definition) is 0. The zero-order chi connectivity index (χ0) is 3.58. The molecule has 5 heavy (non-hydrogen) atoms. The predicted molar refractivity (Wildman–Crippen MR) is 7.11 cm³/mol. The summed E-state index contributed by atoms with van der Waals surface area (Å²) in [6.07, 6.45) is 0. The Kier molecular flexibility index (Phi) is 7.93. The Hall–Kier alpha value is 0.387. The van der Waals surface area contributed by atoms with Crippen molar-refractivity contribution < 1.29 is 32.0 Å². The summed E-state index contributed by atoms with van der Waals surface area (Å²) < 4.78 is 29.0. The van der Waals surface area contributed by atoms with Crippen LogP contribution in [0, 0.1) is 0 Å². The first-order chi connectivity index (χ1) is 1.73. The maximum absolute atomic E-state index is 9.67. The number of halogens is 3. The van der Waals surface area contributed by atoms with Crippen molar-refractivity contribution in [2.45, 2.75) is 6.68 Å². The quantitative estimate of drug-likeness (QED) is 0.299. The molecular formula is CHF3Li+. The van der Waals surface area contributed by atoms with Crippen LogP contribution in [0.2, 0.25) is 0 Å². The maximum atomic E-state index is 9.67. The van der Waals surface area contributed by atoms with Crippen LogP contribution in [0.4, 0.5) is 13.2 Å². The second kappa shape index (κ2) is 4.39. The molecule has 0 aliphatic heterocycles. The predicted octanol–water partition coefficient (Wildman–Crippen LogP) is -1.82. The molecule has 0 aromatic carbocycles. The van der Waals surface area contributed by atoms with Crippen LogP contribution >= 0.6 is 0 Å². The van der Waals surface area contributed by atoms with E-state index in [1.807, 2.05) is 0 Å². The van der Waals surface area contributed by atoms with Gasteiger partial charge in [-0.1, -0.05) is 0 Å². The van der Waals surface area contributed by atoms with Gasteiger partial charge in [-0.25, -0.2) is 0 Å². The van der Waals surface area contributed by atoms with Gasteiger partial charge in [-0.2, -0.15) is 13.2 Å². The third-order valence-corrected chi connectivity index (χ3v) is 0. The van der Waals surface area contributed by atoms with Gasteiger partial charge in [-0.05, 0) is 0 Å². The molecule has 0 saturated heterocycles. The average Bonchev–Trinajstić information content (AvgIpc) is 0.811. The molecule has 0 unspecified atom stereocenters. The van der Waals surface area contributed by atoms with E-state index < -0.39 is 6.68 Å². The van der Waals surface area contributed by atoms with Crippen molar-refractivity contribution in [3.8, 4) is 0 Å². The van der Waals surface area contributed by atoms with Crippen LogP contribution in [0.1, 0.15) is 0 Å². The first-order valence-electron chi connectivity index (χ1n) is 0.655. The molecule has 0 saturated carbocycles. The zero-order valence-electron chi connectivity index (χ0n) is 2.71. The summed E-state index contributed by atoms with van der Waals surface area (Å²) in [7, 11) is 0. The van der Waals surface area contributed by atoms with Gasteiger partial charge < -0.3 is 0 Å². The van der Waals surface area contributed by atoms with Gasteiger partial charge in [0.1, 0.15) is 0 Å². The van der Waals surface area contributed by atoms with Gasteiger partial charge in [-0.3, -0.25) is 0 Å². The molecule has 0 nitrogen and oxygen atoms in total. The van der Waals surface area contributed by atoms with Crippen LogP contribution < -0.4 is 18.9 Å². The van der Waals surface area contributed by atoms with Crippen molar-refractivity contribution in [2.75, 3.05) is 0 Å². The number of rotatable bonds is 0. The van der Waals surface area contributed by atoms with Crippen LogP contribution in [0.25, 0.3) is 0 Å². The summed E-state index contributed by atoms with van der Waals surface area (Å²) in [5, 5.41) is 0. The third kappa shape index (κ3) is 167. The fourth-order valence-corrected chi connectivity index (χ4v) is 0. The molecule has 4 heteroatoms. The molecule has 0 radical (unpaired) electrons. The minimum atomic E-state index is -3.67. The Bertz CT molecular complexity index is 11.6. The van der Waals surface area contributed by atoms with Crippen molar-refractivity contribution in [1.82, 2.24) is 0 Å². The topological polar surface area (TPSA) is 0 Å². The standard InChI is InChI=1S/CHF3.Li/c2-1(3)4;/h1H;/q;+1. The molecule has 0 aliphatic rings. The van der Waals surface area contributed by atoms with Crippen LogP contribution in [-0.4, -0.2) is 6.68 Å². The fraction of sp³-hybridized carbons (Fsp3) is 1.00. The monoisotopic (exact) mass is 77.0 g/mol. The summed E-state index contributed by atoms with van der Waals surface area (Å²) in [5.74, 6) is 0. The molecule has 0 rings (SSSR count). The molecule has 0 bridgehead atoms. The van der Waals surface area contributed by atoms with E-state index in [1.54, 1.807) is 0 Å². The fourth-order valence-electron chi connectivity index (χ4n) is 0. The summed E-state index contributed by atoms with van der Waals surface area (Å²) in [5.41, 5.74) is 0. The second-order valence-electron chi connectivity index (χ2n) is 0.247. The minimum Gasteiger partial charge on any atom is -0.174 e. The molecule has 0 aromatic heterocycles. The van der Waals surface area contributed by atoms with E-state index in [0.29, 0.717) is 0 Å². The van der Waals surface area contributed by atoms with Gasteiger partial charge in [0.2, 0.25) is 0 Å². The molecule has 0 aromatic rings. The third-order valence-electron chi connectivity index (χ3n) is 0. The van der Waals surface area contributed by atoms with Crippen molar-refractivity contribution in [2.24, 2.45) is 0 Å². The van der Waals surface area contributed by atoms with Gasteiger partial charge >= 0.3 is 25.5 Å². The second-order valence-corrected chi connectivity index (χ2v) is 0.247. The SMILES string of the molecule is FC(F)F.[Li+]. The van der Waals surface area contributed by atoms with Crippen molar-refractivity contribution in [1.29, 1.82) is 0 Å². The normalized spacial score (nSPS) is 7.20. The van der Waals surface area contributed by atoms with Gasteiger partial charge in [0.05, 0.1) is 0 Å². The summed E-state index contributed by atoms with van der Waals surface area (Å²) in [6, 6.07) is 0. The van der Waals surface area contributed by atoms with Crippen LogP contribution in [0.5, 0.6) is 0 Å². The van der Waals surface area contributed by atoms with E-state index in [1.165, 1.54) is 0 Å². The molecule has 0 heterocycles.